The van der Waals surface area contributed by atoms with Crippen LogP contribution in [0.3, 0.4) is 0 Å². The van der Waals surface area contributed by atoms with Crippen molar-refractivity contribution >= 4 is 39.9 Å². The zero-order valence-corrected chi connectivity index (χ0v) is 16.2. The van der Waals surface area contributed by atoms with E-state index in [1.807, 2.05) is 13.0 Å². The third-order valence-electron chi connectivity index (χ3n) is 4.69. The fourth-order valence-corrected chi connectivity index (χ4v) is 3.20. The van der Waals surface area contributed by atoms with Crippen molar-refractivity contribution in [3.05, 3.63) is 47.5 Å². The largest absolute Gasteiger partial charge is 0.310 e. The first kappa shape index (κ1) is 18.5. The van der Waals surface area contributed by atoms with Gasteiger partial charge in [0.25, 0.3) is 0 Å². The van der Waals surface area contributed by atoms with Crippen LogP contribution >= 0.6 is 11.6 Å². The summed E-state index contributed by atoms with van der Waals surface area (Å²) in [6.45, 7) is 1.95. The van der Waals surface area contributed by atoms with Crippen LogP contribution in [0.1, 0.15) is 43.1 Å². The molecule has 3 aromatic rings. The minimum atomic E-state index is -0.0209. The summed E-state index contributed by atoms with van der Waals surface area (Å²) in [5.41, 5.74) is 1.67. The number of halogens is 1. The Hall–Kier alpha value is -2.86. The molecule has 1 saturated carbocycles. The third kappa shape index (κ3) is 3.87. The van der Waals surface area contributed by atoms with E-state index in [1.54, 1.807) is 30.7 Å². The molecule has 0 aliphatic heterocycles. The van der Waals surface area contributed by atoms with E-state index < -0.39 is 0 Å². The van der Waals surface area contributed by atoms with Gasteiger partial charge in [0.2, 0.25) is 5.91 Å². The summed E-state index contributed by atoms with van der Waals surface area (Å²) in [5.74, 6) is 0.650. The lowest BCUT2D eigenvalue weighted by Gasteiger charge is -2.08. The average molecular weight is 395 g/mol. The van der Waals surface area contributed by atoms with Gasteiger partial charge in [-0.3, -0.25) is 19.6 Å². The SMILES string of the molecule is CCCC(=O)c1cc(Cl)c(-c2cc3cnc(NC(=O)C4CC4)cc3cn2)cn1. The summed E-state index contributed by atoms with van der Waals surface area (Å²) in [7, 11) is 0. The highest BCUT2D eigenvalue weighted by atomic mass is 35.5. The molecule has 3 heterocycles. The number of ketones is 1. The molecule has 0 aromatic carbocycles. The summed E-state index contributed by atoms with van der Waals surface area (Å²) >= 11 is 6.38. The number of amides is 1. The van der Waals surface area contributed by atoms with Crippen molar-refractivity contribution in [1.82, 2.24) is 15.0 Å². The van der Waals surface area contributed by atoms with E-state index in [1.165, 1.54) is 0 Å². The Bertz CT molecular complexity index is 1080. The Morgan fingerprint density at radius 1 is 1.07 bits per heavy atom. The first-order valence-corrected chi connectivity index (χ1v) is 9.68. The van der Waals surface area contributed by atoms with Gasteiger partial charge in [0.05, 0.1) is 10.7 Å². The molecule has 6 nitrogen and oxygen atoms in total. The molecular weight excluding hydrogens is 376 g/mol. The van der Waals surface area contributed by atoms with E-state index in [9.17, 15) is 9.59 Å². The Balaban J connectivity index is 1.60. The van der Waals surface area contributed by atoms with Crippen molar-refractivity contribution in [2.75, 3.05) is 5.32 Å². The second-order valence-corrected chi connectivity index (χ2v) is 7.38. The van der Waals surface area contributed by atoms with Gasteiger partial charge in [0, 0.05) is 47.3 Å². The molecule has 7 heteroatoms. The first-order chi connectivity index (χ1) is 13.5. The number of hydrogen-bond donors (Lipinski definition) is 1. The Kier molecular flexibility index (Phi) is 5.05. The van der Waals surface area contributed by atoms with E-state index in [0.29, 0.717) is 34.2 Å². The molecule has 28 heavy (non-hydrogen) atoms. The van der Waals surface area contributed by atoms with Gasteiger partial charge in [-0.25, -0.2) is 4.98 Å². The molecule has 1 N–H and O–H groups in total. The molecule has 142 valence electrons. The summed E-state index contributed by atoms with van der Waals surface area (Å²) in [5, 5.41) is 5.01. The molecular formula is C21H19ClN4O2. The number of fused-ring (bicyclic) bond motifs is 1. The van der Waals surface area contributed by atoms with Crippen LogP contribution in [0.25, 0.3) is 22.0 Å². The molecule has 4 rings (SSSR count). The molecule has 0 saturated heterocycles. The summed E-state index contributed by atoms with van der Waals surface area (Å²) in [4.78, 5) is 36.9. The second-order valence-electron chi connectivity index (χ2n) is 6.97. The number of carbonyl (C=O) groups is 2. The van der Waals surface area contributed by atoms with Crippen LogP contribution in [0.15, 0.2) is 36.8 Å². The predicted octanol–water partition coefficient (Wildman–Crippen LogP) is 4.68. The minimum Gasteiger partial charge on any atom is -0.310 e. The van der Waals surface area contributed by atoms with E-state index >= 15 is 0 Å². The van der Waals surface area contributed by atoms with Gasteiger partial charge < -0.3 is 5.32 Å². The van der Waals surface area contributed by atoms with Gasteiger partial charge >= 0.3 is 0 Å². The number of anilines is 1. The van der Waals surface area contributed by atoms with Crippen molar-refractivity contribution in [3.8, 4) is 11.3 Å². The number of aromatic nitrogens is 3. The molecule has 0 radical (unpaired) electrons. The van der Waals surface area contributed by atoms with Crippen molar-refractivity contribution < 1.29 is 9.59 Å². The molecule has 1 fully saturated rings. The summed E-state index contributed by atoms with van der Waals surface area (Å²) in [6, 6.07) is 5.26. The zero-order chi connectivity index (χ0) is 19.7. The fourth-order valence-electron chi connectivity index (χ4n) is 2.95. The summed E-state index contributed by atoms with van der Waals surface area (Å²) in [6.07, 6.45) is 8.10. The van der Waals surface area contributed by atoms with Crippen molar-refractivity contribution in [2.45, 2.75) is 32.6 Å². The summed E-state index contributed by atoms with van der Waals surface area (Å²) < 4.78 is 0. The Labute approximate surface area is 167 Å². The van der Waals surface area contributed by atoms with Crippen molar-refractivity contribution in [3.63, 3.8) is 0 Å². The van der Waals surface area contributed by atoms with Crippen molar-refractivity contribution in [2.24, 2.45) is 5.92 Å². The fraction of sp³-hybridized carbons (Fsp3) is 0.286. The number of hydrogen-bond acceptors (Lipinski definition) is 5. The number of pyridine rings is 3. The van der Waals surface area contributed by atoms with Gasteiger partial charge in [-0.2, -0.15) is 0 Å². The molecule has 1 aliphatic rings. The van der Waals surface area contributed by atoms with Gasteiger partial charge in [-0.05, 0) is 37.5 Å². The molecule has 0 atom stereocenters. The van der Waals surface area contributed by atoms with Crippen LogP contribution in [0.5, 0.6) is 0 Å². The lowest BCUT2D eigenvalue weighted by molar-refractivity contribution is -0.117. The van der Waals surface area contributed by atoms with E-state index in [0.717, 1.165) is 30.0 Å². The van der Waals surface area contributed by atoms with E-state index in [2.05, 4.69) is 20.3 Å². The second kappa shape index (κ2) is 7.64. The van der Waals surface area contributed by atoms with Crippen LogP contribution in [0.2, 0.25) is 5.02 Å². The van der Waals surface area contributed by atoms with Gasteiger partial charge in [0.1, 0.15) is 11.5 Å². The molecule has 1 aliphatic carbocycles. The lowest BCUT2D eigenvalue weighted by Crippen LogP contribution is -2.14. The van der Waals surface area contributed by atoms with Crippen LogP contribution in [0, 0.1) is 5.92 Å². The quantitative estimate of drug-likeness (QED) is 0.613. The Morgan fingerprint density at radius 2 is 1.82 bits per heavy atom. The highest BCUT2D eigenvalue weighted by molar-refractivity contribution is 6.33. The number of nitrogens with one attached hydrogen (secondary N) is 1. The van der Waals surface area contributed by atoms with Crippen LogP contribution < -0.4 is 5.32 Å². The molecule has 0 spiro atoms. The first-order valence-electron chi connectivity index (χ1n) is 9.31. The van der Waals surface area contributed by atoms with Crippen LogP contribution in [-0.2, 0) is 4.79 Å². The van der Waals surface area contributed by atoms with Crippen molar-refractivity contribution in [1.29, 1.82) is 0 Å². The maximum atomic E-state index is 12.0. The zero-order valence-electron chi connectivity index (χ0n) is 15.4. The molecule has 3 aromatic heterocycles. The normalized spacial score (nSPS) is 13.5. The molecule has 0 unspecified atom stereocenters. The monoisotopic (exact) mass is 394 g/mol. The highest BCUT2D eigenvalue weighted by Gasteiger charge is 2.29. The third-order valence-corrected chi connectivity index (χ3v) is 5.01. The van der Waals surface area contributed by atoms with E-state index in [-0.39, 0.29) is 17.6 Å². The van der Waals surface area contributed by atoms with Crippen LogP contribution in [0.4, 0.5) is 5.82 Å². The van der Waals surface area contributed by atoms with Gasteiger partial charge in [-0.15, -0.1) is 0 Å². The molecule has 1 amide bonds. The lowest BCUT2D eigenvalue weighted by atomic mass is 10.1. The average Bonchev–Trinajstić information content (AvgIpc) is 3.53. The van der Waals surface area contributed by atoms with E-state index in [4.69, 9.17) is 11.6 Å². The topological polar surface area (TPSA) is 84.8 Å². The van der Waals surface area contributed by atoms with Gasteiger partial charge in [-0.1, -0.05) is 18.5 Å². The number of carbonyl (C=O) groups excluding carboxylic acids is 2. The Morgan fingerprint density at radius 3 is 2.54 bits per heavy atom. The highest BCUT2D eigenvalue weighted by Crippen LogP contribution is 2.31. The maximum absolute atomic E-state index is 12.0. The minimum absolute atomic E-state index is 0.0204. The maximum Gasteiger partial charge on any atom is 0.228 e. The number of Topliss-reactive ketones (excluding diaryl/α,β-unsaturated/α-hetero) is 1. The van der Waals surface area contributed by atoms with Crippen LogP contribution in [-0.4, -0.2) is 26.6 Å². The predicted molar refractivity (Wildman–Crippen MR) is 108 cm³/mol. The number of rotatable bonds is 6. The molecule has 0 bridgehead atoms. The number of nitrogens with zero attached hydrogens (tertiary/aromatic N) is 3. The smallest absolute Gasteiger partial charge is 0.228 e. The van der Waals surface area contributed by atoms with Gasteiger partial charge in [0.15, 0.2) is 5.78 Å². The standard InChI is InChI=1S/C21H19ClN4O2/c1-2-3-19(27)18-8-16(22)15(11-24-18)17-6-13-10-25-20(7-14(13)9-23-17)26-21(28)12-4-5-12/h6-12H,2-5H2,1H3,(H,25,26,28).